The Balaban J connectivity index is 2.08. The first-order valence-electron chi connectivity index (χ1n) is 9.02. The van der Waals surface area contributed by atoms with E-state index in [4.69, 9.17) is 4.74 Å². The highest BCUT2D eigenvalue weighted by atomic mass is 16.5. The minimum atomic E-state index is -1.20. The summed E-state index contributed by atoms with van der Waals surface area (Å²) < 4.78 is 5.65. The summed E-state index contributed by atoms with van der Waals surface area (Å²) in [6, 6.07) is 0. The number of carboxylic acids is 1. The maximum atomic E-state index is 12.7. The molecule has 0 saturated heterocycles. The number of carboxylic acid groups (broad SMARTS) is 1. The average Bonchev–Trinajstić information content (AvgIpc) is 2.44. The van der Waals surface area contributed by atoms with E-state index in [0.717, 1.165) is 25.7 Å². The smallest absolute Gasteiger partial charge is 0.330 e. The Morgan fingerprint density at radius 1 is 1.13 bits per heavy atom. The van der Waals surface area contributed by atoms with Gasteiger partial charge in [-0.3, -0.25) is 4.79 Å². The molecule has 2 aliphatic carbocycles. The van der Waals surface area contributed by atoms with E-state index in [2.05, 4.69) is 5.32 Å². The first-order valence-corrected chi connectivity index (χ1v) is 9.02. The van der Waals surface area contributed by atoms with Crippen molar-refractivity contribution in [3.63, 3.8) is 0 Å². The van der Waals surface area contributed by atoms with Crippen LogP contribution in [0, 0.1) is 11.3 Å². The Hall–Kier alpha value is -1.10. The van der Waals surface area contributed by atoms with Gasteiger partial charge in [-0.05, 0) is 19.8 Å². The fourth-order valence-corrected chi connectivity index (χ4v) is 4.07. The van der Waals surface area contributed by atoms with Gasteiger partial charge in [0, 0.05) is 24.4 Å². The van der Waals surface area contributed by atoms with Gasteiger partial charge in [0.1, 0.15) is 5.54 Å². The molecule has 0 spiro atoms. The lowest BCUT2D eigenvalue weighted by Crippen LogP contribution is -2.76. The maximum Gasteiger partial charge on any atom is 0.330 e. The topological polar surface area (TPSA) is 75.6 Å². The minimum Gasteiger partial charge on any atom is -0.479 e. The molecule has 0 aromatic heterocycles. The molecular formula is C18H31NO4. The van der Waals surface area contributed by atoms with Gasteiger partial charge in [-0.25, -0.2) is 4.79 Å². The lowest BCUT2D eigenvalue weighted by Gasteiger charge is -2.58. The van der Waals surface area contributed by atoms with Crippen molar-refractivity contribution in [1.82, 2.24) is 5.32 Å². The van der Waals surface area contributed by atoms with E-state index in [1.54, 1.807) is 0 Å². The zero-order valence-electron chi connectivity index (χ0n) is 14.7. The fraction of sp³-hybridized carbons (Fsp3) is 0.889. The molecule has 2 atom stereocenters. The van der Waals surface area contributed by atoms with E-state index in [0.29, 0.717) is 13.0 Å². The van der Waals surface area contributed by atoms with Crippen molar-refractivity contribution in [2.75, 3.05) is 6.61 Å². The van der Waals surface area contributed by atoms with E-state index in [1.807, 2.05) is 20.8 Å². The first kappa shape index (κ1) is 18.2. The van der Waals surface area contributed by atoms with Crippen LogP contribution in [0.5, 0.6) is 0 Å². The second kappa shape index (κ2) is 7.20. The molecule has 23 heavy (non-hydrogen) atoms. The van der Waals surface area contributed by atoms with Gasteiger partial charge in [0.2, 0.25) is 5.91 Å². The van der Waals surface area contributed by atoms with Crippen LogP contribution in [-0.4, -0.2) is 35.2 Å². The molecule has 2 N–H and O–H groups in total. The molecule has 0 bridgehead atoms. The van der Waals surface area contributed by atoms with Crippen LogP contribution in [-0.2, 0) is 14.3 Å². The fourth-order valence-electron chi connectivity index (χ4n) is 4.07. The van der Waals surface area contributed by atoms with Gasteiger partial charge in [-0.15, -0.1) is 0 Å². The second-order valence-electron chi connectivity index (χ2n) is 7.61. The molecule has 0 aromatic rings. The van der Waals surface area contributed by atoms with Crippen LogP contribution in [0.3, 0.4) is 0 Å². The second-order valence-corrected chi connectivity index (χ2v) is 7.61. The summed E-state index contributed by atoms with van der Waals surface area (Å²) in [5, 5.41) is 12.7. The monoisotopic (exact) mass is 325 g/mol. The van der Waals surface area contributed by atoms with Gasteiger partial charge in [0.05, 0.1) is 6.10 Å². The molecule has 0 aliphatic heterocycles. The molecule has 2 aliphatic rings. The molecular weight excluding hydrogens is 294 g/mol. The summed E-state index contributed by atoms with van der Waals surface area (Å²) >= 11 is 0. The van der Waals surface area contributed by atoms with Crippen molar-refractivity contribution in [3.8, 4) is 0 Å². The van der Waals surface area contributed by atoms with Gasteiger partial charge in [-0.1, -0.05) is 46.0 Å². The van der Waals surface area contributed by atoms with Crippen LogP contribution in [0.4, 0.5) is 0 Å². The molecule has 5 heteroatoms. The number of ether oxygens (including phenoxy) is 1. The lowest BCUT2D eigenvalue weighted by atomic mass is 9.54. The van der Waals surface area contributed by atoms with Crippen LogP contribution >= 0.6 is 0 Å². The van der Waals surface area contributed by atoms with Gasteiger partial charge < -0.3 is 15.2 Å². The molecule has 1 amide bonds. The molecule has 2 unspecified atom stereocenters. The molecule has 0 aromatic carbocycles. The van der Waals surface area contributed by atoms with Gasteiger partial charge >= 0.3 is 5.97 Å². The number of carbonyl (C=O) groups excluding carboxylic acids is 1. The predicted octanol–water partition coefficient (Wildman–Crippen LogP) is 3.12. The van der Waals surface area contributed by atoms with Gasteiger partial charge in [0.15, 0.2) is 0 Å². The van der Waals surface area contributed by atoms with Crippen LogP contribution in [0.1, 0.15) is 72.1 Å². The van der Waals surface area contributed by atoms with Crippen LogP contribution in [0.2, 0.25) is 0 Å². The predicted molar refractivity (Wildman–Crippen MR) is 88.1 cm³/mol. The highest BCUT2D eigenvalue weighted by Gasteiger charge is 2.66. The third-order valence-electron chi connectivity index (χ3n) is 5.94. The zero-order valence-corrected chi connectivity index (χ0v) is 14.7. The molecule has 5 nitrogen and oxygen atoms in total. The quantitative estimate of drug-likeness (QED) is 0.814. The summed E-state index contributed by atoms with van der Waals surface area (Å²) in [5.41, 5.74) is -1.81. The summed E-state index contributed by atoms with van der Waals surface area (Å²) in [6.45, 7) is 6.22. The van der Waals surface area contributed by atoms with Crippen molar-refractivity contribution in [2.24, 2.45) is 11.3 Å². The molecule has 2 saturated carbocycles. The summed E-state index contributed by atoms with van der Waals surface area (Å²) in [7, 11) is 0. The Kier molecular flexibility index (Phi) is 5.71. The number of carbonyl (C=O) groups is 2. The number of amides is 1. The average molecular weight is 325 g/mol. The Bertz CT molecular complexity index is 440. The summed E-state index contributed by atoms with van der Waals surface area (Å²) in [6.07, 6.45) is 7.68. The number of aliphatic carboxylic acids is 1. The number of hydrogen-bond acceptors (Lipinski definition) is 3. The number of rotatable bonds is 5. The first-order chi connectivity index (χ1) is 10.8. The van der Waals surface area contributed by atoms with E-state index >= 15 is 0 Å². The minimum absolute atomic E-state index is 0.0477. The molecule has 0 heterocycles. The normalized spacial score (nSPS) is 31.5. The Labute approximate surface area is 139 Å². The number of hydrogen-bond donors (Lipinski definition) is 2. The molecule has 2 fully saturated rings. The lowest BCUT2D eigenvalue weighted by molar-refractivity contribution is -0.195. The summed E-state index contributed by atoms with van der Waals surface area (Å²) in [5.74, 6) is -1.08. The van der Waals surface area contributed by atoms with E-state index in [1.165, 1.54) is 19.3 Å². The molecule has 0 radical (unpaired) electrons. The molecule has 132 valence electrons. The highest BCUT2D eigenvalue weighted by Crippen LogP contribution is 2.51. The van der Waals surface area contributed by atoms with Crippen molar-refractivity contribution in [1.29, 1.82) is 0 Å². The standard InChI is InChI=1S/C18H31NO4/c1-4-23-14-12-18(16(21)22,17(14,2)3)19-15(20)13-10-8-6-5-7-9-11-13/h13-14H,4-12H2,1-3H3,(H,19,20)(H,21,22). The van der Waals surface area contributed by atoms with Crippen LogP contribution < -0.4 is 5.32 Å². The van der Waals surface area contributed by atoms with E-state index in [-0.39, 0.29) is 17.9 Å². The number of nitrogens with one attached hydrogen (secondary N) is 1. The summed E-state index contributed by atoms with van der Waals surface area (Å²) in [4.78, 5) is 24.7. The zero-order chi connectivity index (χ0) is 17.1. The Morgan fingerprint density at radius 3 is 2.17 bits per heavy atom. The largest absolute Gasteiger partial charge is 0.479 e. The van der Waals surface area contributed by atoms with Gasteiger partial charge in [0.25, 0.3) is 0 Å². The van der Waals surface area contributed by atoms with Crippen molar-refractivity contribution >= 4 is 11.9 Å². The molecule has 2 rings (SSSR count). The van der Waals surface area contributed by atoms with E-state index < -0.39 is 16.9 Å². The van der Waals surface area contributed by atoms with Crippen LogP contribution in [0.25, 0.3) is 0 Å². The Morgan fingerprint density at radius 2 is 1.70 bits per heavy atom. The van der Waals surface area contributed by atoms with Crippen molar-refractivity contribution in [2.45, 2.75) is 83.8 Å². The maximum absolute atomic E-state index is 12.7. The third kappa shape index (κ3) is 3.39. The SMILES string of the molecule is CCOC1CC(NC(=O)C2CCCCCCC2)(C(=O)O)C1(C)C. The van der Waals surface area contributed by atoms with Crippen LogP contribution in [0.15, 0.2) is 0 Å². The van der Waals surface area contributed by atoms with E-state index in [9.17, 15) is 14.7 Å². The van der Waals surface area contributed by atoms with Crippen molar-refractivity contribution in [3.05, 3.63) is 0 Å². The van der Waals surface area contributed by atoms with Gasteiger partial charge in [-0.2, -0.15) is 0 Å². The third-order valence-corrected chi connectivity index (χ3v) is 5.94. The van der Waals surface area contributed by atoms with Crippen molar-refractivity contribution < 1.29 is 19.4 Å². The highest BCUT2D eigenvalue weighted by molar-refractivity contribution is 5.90.